The second kappa shape index (κ2) is 8.44. The number of benzene rings is 2. The number of nitrogens with zero attached hydrogens (tertiary/aromatic N) is 2. The predicted molar refractivity (Wildman–Crippen MR) is 116 cm³/mol. The van der Waals surface area contributed by atoms with Crippen molar-refractivity contribution >= 4 is 39.1 Å². The lowest BCUT2D eigenvalue weighted by Crippen LogP contribution is -2.16. The van der Waals surface area contributed by atoms with Crippen LogP contribution in [0.25, 0.3) is 21.8 Å². The number of hydrogen-bond donors (Lipinski definition) is 1. The van der Waals surface area contributed by atoms with Crippen LogP contribution in [-0.2, 0) is 0 Å². The third-order valence-corrected chi connectivity index (χ3v) is 4.99. The molecule has 1 atom stereocenters. The Morgan fingerprint density at radius 1 is 0.964 bits per heavy atom. The summed E-state index contributed by atoms with van der Waals surface area (Å²) in [7, 11) is 0. The van der Waals surface area contributed by atoms with Gasteiger partial charge in [0.25, 0.3) is 0 Å². The number of fused-ring (bicyclic) bond motifs is 2. The van der Waals surface area contributed by atoms with Crippen molar-refractivity contribution in [2.75, 3.05) is 11.9 Å². The summed E-state index contributed by atoms with van der Waals surface area (Å²) < 4.78 is 6.01. The summed E-state index contributed by atoms with van der Waals surface area (Å²) in [6.07, 6.45) is 5.56. The molecule has 28 heavy (non-hydrogen) atoms. The van der Waals surface area contributed by atoms with Gasteiger partial charge in [-0.05, 0) is 62.2 Å². The molecule has 0 fully saturated rings. The largest absolute Gasteiger partial charge is 0.493 e. The highest BCUT2D eigenvalue weighted by atomic mass is 35.5. The molecule has 0 saturated carbocycles. The van der Waals surface area contributed by atoms with Crippen molar-refractivity contribution in [1.29, 1.82) is 0 Å². The molecule has 4 nitrogen and oxygen atoms in total. The van der Waals surface area contributed by atoms with E-state index in [1.54, 1.807) is 6.20 Å². The fourth-order valence-electron chi connectivity index (χ4n) is 3.35. The van der Waals surface area contributed by atoms with Crippen molar-refractivity contribution in [1.82, 2.24) is 9.97 Å². The molecular weight excluding hydrogens is 370 g/mol. The number of rotatable bonds is 7. The van der Waals surface area contributed by atoms with Crippen LogP contribution in [0.2, 0.25) is 5.02 Å². The summed E-state index contributed by atoms with van der Waals surface area (Å²) in [5, 5.41) is 6.42. The van der Waals surface area contributed by atoms with Gasteiger partial charge >= 0.3 is 0 Å². The number of nitrogens with one attached hydrogen (secondary N) is 1. The van der Waals surface area contributed by atoms with Gasteiger partial charge in [0.05, 0.1) is 17.6 Å². The maximum atomic E-state index is 6.07. The molecule has 2 aromatic carbocycles. The zero-order valence-corrected chi connectivity index (χ0v) is 16.5. The Balaban J connectivity index is 1.33. The maximum Gasteiger partial charge on any atom is 0.130 e. The Labute approximate surface area is 169 Å². The summed E-state index contributed by atoms with van der Waals surface area (Å²) in [5.74, 6) is 0.892. The smallest absolute Gasteiger partial charge is 0.130 e. The Morgan fingerprint density at radius 2 is 1.79 bits per heavy atom. The fraction of sp³-hybridized carbons (Fsp3) is 0.217. The number of pyridine rings is 2. The van der Waals surface area contributed by atoms with Gasteiger partial charge in [0.15, 0.2) is 0 Å². The molecule has 0 aliphatic rings. The van der Waals surface area contributed by atoms with Crippen LogP contribution in [0.5, 0.6) is 5.75 Å². The van der Waals surface area contributed by atoms with E-state index < -0.39 is 0 Å². The number of hydrogen-bond acceptors (Lipinski definition) is 4. The van der Waals surface area contributed by atoms with E-state index in [-0.39, 0.29) is 0 Å². The third-order valence-electron chi connectivity index (χ3n) is 4.75. The maximum absolute atomic E-state index is 6.07. The van der Waals surface area contributed by atoms with E-state index >= 15 is 0 Å². The van der Waals surface area contributed by atoms with Gasteiger partial charge in [0.2, 0.25) is 0 Å². The van der Waals surface area contributed by atoms with E-state index in [0.717, 1.165) is 46.1 Å². The molecule has 0 spiro atoms. The van der Waals surface area contributed by atoms with Crippen LogP contribution in [0.3, 0.4) is 0 Å². The van der Waals surface area contributed by atoms with E-state index in [1.807, 2.05) is 60.8 Å². The number of ether oxygens (including phenoxy) is 1. The van der Waals surface area contributed by atoms with Gasteiger partial charge in [0, 0.05) is 39.9 Å². The van der Waals surface area contributed by atoms with Crippen molar-refractivity contribution in [2.24, 2.45) is 0 Å². The minimum atomic E-state index is 0.319. The van der Waals surface area contributed by atoms with E-state index in [1.165, 1.54) is 0 Å². The van der Waals surface area contributed by atoms with Gasteiger partial charge in [-0.15, -0.1) is 0 Å². The number of halogens is 1. The van der Waals surface area contributed by atoms with Gasteiger partial charge in [0.1, 0.15) is 5.75 Å². The Bertz CT molecular complexity index is 1090. The van der Waals surface area contributed by atoms with E-state index in [4.69, 9.17) is 16.3 Å². The molecule has 1 N–H and O–H groups in total. The van der Waals surface area contributed by atoms with E-state index in [9.17, 15) is 0 Å². The number of anilines is 1. The summed E-state index contributed by atoms with van der Waals surface area (Å²) in [5.41, 5.74) is 2.94. The van der Waals surface area contributed by atoms with Crippen LogP contribution < -0.4 is 10.1 Å². The minimum absolute atomic E-state index is 0.319. The van der Waals surface area contributed by atoms with Crippen LogP contribution in [0.15, 0.2) is 67.0 Å². The molecular formula is C23H22ClN3O. The lowest BCUT2D eigenvalue weighted by molar-refractivity contribution is 0.307. The lowest BCUT2D eigenvalue weighted by atomic mass is 10.1. The van der Waals surface area contributed by atoms with Crippen LogP contribution in [0, 0.1) is 0 Å². The Kier molecular flexibility index (Phi) is 5.58. The van der Waals surface area contributed by atoms with Crippen molar-refractivity contribution in [3.05, 3.63) is 72.0 Å². The summed E-state index contributed by atoms with van der Waals surface area (Å²) in [6.45, 7) is 2.86. The lowest BCUT2D eigenvalue weighted by Gasteiger charge is -2.17. The first-order chi connectivity index (χ1) is 13.7. The molecule has 5 heteroatoms. The molecule has 1 unspecified atom stereocenters. The highest BCUT2D eigenvalue weighted by Gasteiger charge is 2.07. The third kappa shape index (κ3) is 4.18. The molecule has 2 aromatic heterocycles. The first-order valence-corrected chi connectivity index (χ1v) is 9.86. The second-order valence-electron chi connectivity index (χ2n) is 6.88. The standard InChI is InChI=1S/C23H22ClN3O/c1-16(27-21-10-12-26-22-15-17(24)8-9-18(21)22)5-4-14-28-23-11-13-25-20-7-3-2-6-19(20)23/h2-3,6-13,15-16H,4-5,14H2,1H3,(H,26,27). The van der Waals surface area contributed by atoms with Crippen molar-refractivity contribution in [2.45, 2.75) is 25.8 Å². The molecule has 0 saturated heterocycles. The van der Waals surface area contributed by atoms with Crippen molar-refractivity contribution in [3.8, 4) is 5.75 Å². The predicted octanol–water partition coefficient (Wildman–Crippen LogP) is 6.10. The highest BCUT2D eigenvalue weighted by molar-refractivity contribution is 6.31. The Hall–Kier alpha value is -2.85. The molecule has 4 aromatic rings. The first kappa shape index (κ1) is 18.5. The summed E-state index contributed by atoms with van der Waals surface area (Å²) in [4.78, 5) is 8.77. The zero-order chi connectivity index (χ0) is 19.3. The van der Waals surface area contributed by atoms with Crippen LogP contribution in [0.4, 0.5) is 5.69 Å². The molecule has 0 aliphatic heterocycles. The fourth-order valence-corrected chi connectivity index (χ4v) is 3.52. The molecule has 0 radical (unpaired) electrons. The van der Waals surface area contributed by atoms with E-state index in [0.29, 0.717) is 17.7 Å². The molecule has 0 amide bonds. The highest BCUT2D eigenvalue weighted by Crippen LogP contribution is 2.26. The molecule has 0 aliphatic carbocycles. The van der Waals surface area contributed by atoms with Crippen molar-refractivity contribution < 1.29 is 4.74 Å². The summed E-state index contributed by atoms with van der Waals surface area (Å²) in [6, 6.07) is 18.1. The van der Waals surface area contributed by atoms with Crippen LogP contribution in [-0.4, -0.2) is 22.6 Å². The van der Waals surface area contributed by atoms with Gasteiger partial charge in [-0.3, -0.25) is 9.97 Å². The minimum Gasteiger partial charge on any atom is -0.493 e. The number of aromatic nitrogens is 2. The molecule has 0 bridgehead atoms. The second-order valence-corrected chi connectivity index (χ2v) is 7.32. The topological polar surface area (TPSA) is 47.0 Å². The first-order valence-electron chi connectivity index (χ1n) is 9.48. The van der Waals surface area contributed by atoms with Gasteiger partial charge < -0.3 is 10.1 Å². The summed E-state index contributed by atoms with van der Waals surface area (Å²) >= 11 is 6.07. The average molecular weight is 392 g/mol. The van der Waals surface area contributed by atoms with Gasteiger partial charge in [-0.25, -0.2) is 0 Å². The average Bonchev–Trinajstić information content (AvgIpc) is 2.71. The SMILES string of the molecule is CC(CCCOc1ccnc2ccccc12)Nc1ccnc2cc(Cl)ccc12. The normalized spacial score (nSPS) is 12.2. The molecule has 4 rings (SSSR count). The van der Waals surface area contributed by atoms with Crippen LogP contribution in [0.1, 0.15) is 19.8 Å². The molecule has 142 valence electrons. The van der Waals surface area contributed by atoms with Gasteiger partial charge in [-0.2, -0.15) is 0 Å². The van der Waals surface area contributed by atoms with Crippen molar-refractivity contribution in [3.63, 3.8) is 0 Å². The molecule has 2 heterocycles. The zero-order valence-electron chi connectivity index (χ0n) is 15.7. The quantitative estimate of drug-likeness (QED) is 0.387. The van der Waals surface area contributed by atoms with Gasteiger partial charge in [-0.1, -0.05) is 23.7 Å². The van der Waals surface area contributed by atoms with Crippen LogP contribution >= 0.6 is 11.6 Å². The van der Waals surface area contributed by atoms with E-state index in [2.05, 4.69) is 22.2 Å². The number of para-hydroxylation sites is 1. The monoisotopic (exact) mass is 391 g/mol. The Morgan fingerprint density at radius 3 is 2.71 bits per heavy atom.